The van der Waals surface area contributed by atoms with Crippen molar-refractivity contribution in [3.05, 3.63) is 54.6 Å². The van der Waals surface area contributed by atoms with Crippen LogP contribution in [0, 0.1) is 0 Å². The Bertz CT molecular complexity index is 909. The predicted octanol–water partition coefficient (Wildman–Crippen LogP) is 3.10. The van der Waals surface area contributed by atoms with E-state index in [0.29, 0.717) is 38.5 Å². The van der Waals surface area contributed by atoms with Crippen molar-refractivity contribution in [2.24, 2.45) is 0 Å². The first kappa shape index (κ1) is 21.7. The van der Waals surface area contributed by atoms with E-state index in [1.807, 2.05) is 44.2 Å². The molecule has 2 aromatic rings. The van der Waals surface area contributed by atoms with E-state index in [9.17, 15) is 13.2 Å². The van der Waals surface area contributed by atoms with E-state index in [1.54, 1.807) is 29.2 Å². The van der Waals surface area contributed by atoms with Crippen LogP contribution in [0.5, 0.6) is 5.75 Å². The molecule has 1 aliphatic rings. The molecule has 29 heavy (non-hydrogen) atoms. The summed E-state index contributed by atoms with van der Waals surface area (Å²) in [5, 5.41) is -0.216. The van der Waals surface area contributed by atoms with Crippen LogP contribution in [0.2, 0.25) is 0 Å². The highest BCUT2D eigenvalue weighted by Crippen LogP contribution is 2.25. The normalized spacial score (nSPS) is 16.4. The van der Waals surface area contributed by atoms with Crippen LogP contribution in [0.25, 0.3) is 0 Å². The summed E-state index contributed by atoms with van der Waals surface area (Å²) in [6.45, 7) is 5.69. The highest BCUT2D eigenvalue weighted by atomic mass is 32.2. The van der Waals surface area contributed by atoms with Gasteiger partial charge in [-0.2, -0.15) is 4.31 Å². The van der Waals surface area contributed by atoms with Crippen molar-refractivity contribution in [3.8, 4) is 5.75 Å². The van der Waals surface area contributed by atoms with Crippen molar-refractivity contribution in [1.82, 2.24) is 9.21 Å². The number of sulfonamides is 1. The molecule has 3 rings (SSSR count). The van der Waals surface area contributed by atoms with Crippen LogP contribution in [-0.2, 0) is 14.8 Å². The molecule has 0 N–H and O–H groups in total. The number of nitrogens with zero attached hydrogens (tertiary/aromatic N) is 2. The first-order valence-electron chi connectivity index (χ1n) is 9.65. The third kappa shape index (κ3) is 5.32. The SMILES string of the molecule is CCOc1ccc(S(=O)(=O)N2CCN(C(=O)C(C)Sc3ccccc3)CC2)cc1. The highest BCUT2D eigenvalue weighted by Gasteiger charge is 2.31. The molecule has 1 heterocycles. The number of amides is 1. The molecule has 0 aromatic heterocycles. The average molecular weight is 435 g/mol. The van der Waals surface area contributed by atoms with Gasteiger partial charge in [0.2, 0.25) is 15.9 Å². The van der Waals surface area contributed by atoms with E-state index in [1.165, 1.54) is 16.1 Å². The van der Waals surface area contributed by atoms with Gasteiger partial charge in [0.25, 0.3) is 0 Å². The standard InChI is InChI=1S/C21H26N2O4S2/c1-3-27-18-9-11-20(12-10-18)29(25,26)23-15-13-22(14-16-23)21(24)17(2)28-19-7-5-4-6-8-19/h4-12,17H,3,13-16H2,1-2H3. The van der Waals surface area contributed by atoms with Crippen LogP contribution in [0.1, 0.15) is 13.8 Å². The fraction of sp³-hybridized carbons (Fsp3) is 0.381. The Morgan fingerprint density at radius 2 is 1.66 bits per heavy atom. The third-order valence-corrected chi connectivity index (χ3v) is 7.74. The summed E-state index contributed by atoms with van der Waals surface area (Å²) in [7, 11) is -3.58. The fourth-order valence-corrected chi connectivity index (χ4v) is 5.58. The van der Waals surface area contributed by atoms with Gasteiger partial charge in [-0.15, -0.1) is 11.8 Å². The minimum atomic E-state index is -3.58. The summed E-state index contributed by atoms with van der Waals surface area (Å²) in [6, 6.07) is 16.3. The number of rotatable bonds is 7. The molecule has 6 nitrogen and oxygen atoms in total. The minimum absolute atomic E-state index is 0.0389. The molecular formula is C21H26N2O4S2. The predicted molar refractivity (Wildman–Crippen MR) is 115 cm³/mol. The lowest BCUT2D eigenvalue weighted by Crippen LogP contribution is -2.52. The molecule has 0 radical (unpaired) electrons. The zero-order chi connectivity index (χ0) is 20.9. The Hall–Kier alpha value is -2.03. The van der Waals surface area contributed by atoms with Gasteiger partial charge in [0.15, 0.2) is 0 Å². The fourth-order valence-electron chi connectivity index (χ4n) is 3.18. The molecule has 1 fully saturated rings. The van der Waals surface area contributed by atoms with Crippen LogP contribution in [-0.4, -0.2) is 61.6 Å². The van der Waals surface area contributed by atoms with Crippen molar-refractivity contribution in [1.29, 1.82) is 0 Å². The summed E-state index contributed by atoms with van der Waals surface area (Å²) in [5.41, 5.74) is 0. The molecule has 1 amide bonds. The third-order valence-electron chi connectivity index (χ3n) is 4.73. The van der Waals surface area contributed by atoms with Crippen molar-refractivity contribution < 1.29 is 17.9 Å². The summed E-state index contributed by atoms with van der Waals surface area (Å²) < 4.78 is 32.6. The summed E-state index contributed by atoms with van der Waals surface area (Å²) in [6.07, 6.45) is 0. The minimum Gasteiger partial charge on any atom is -0.494 e. The molecule has 156 valence electrons. The zero-order valence-corrected chi connectivity index (χ0v) is 18.3. The van der Waals surface area contributed by atoms with Gasteiger partial charge in [-0.25, -0.2) is 8.42 Å². The Labute approximate surface area is 176 Å². The monoisotopic (exact) mass is 434 g/mol. The van der Waals surface area contributed by atoms with Crippen LogP contribution in [0.3, 0.4) is 0 Å². The van der Waals surface area contributed by atoms with Gasteiger partial charge < -0.3 is 9.64 Å². The van der Waals surface area contributed by atoms with Crippen LogP contribution >= 0.6 is 11.8 Å². The van der Waals surface area contributed by atoms with Gasteiger partial charge >= 0.3 is 0 Å². The first-order chi connectivity index (χ1) is 13.9. The van der Waals surface area contributed by atoms with E-state index in [-0.39, 0.29) is 16.1 Å². The quantitative estimate of drug-likeness (QED) is 0.627. The van der Waals surface area contributed by atoms with Crippen LogP contribution in [0.4, 0.5) is 0 Å². The lowest BCUT2D eigenvalue weighted by molar-refractivity contribution is -0.131. The van der Waals surface area contributed by atoms with Crippen molar-refractivity contribution in [2.75, 3.05) is 32.8 Å². The largest absolute Gasteiger partial charge is 0.494 e. The average Bonchev–Trinajstić information content (AvgIpc) is 2.74. The van der Waals surface area contributed by atoms with E-state index in [0.717, 1.165) is 4.90 Å². The summed E-state index contributed by atoms with van der Waals surface area (Å²) >= 11 is 1.52. The molecule has 0 bridgehead atoms. The maximum absolute atomic E-state index is 12.9. The molecular weight excluding hydrogens is 408 g/mol. The molecule has 0 aliphatic carbocycles. The van der Waals surface area contributed by atoms with Gasteiger partial charge in [0, 0.05) is 31.1 Å². The number of benzene rings is 2. The Balaban J connectivity index is 1.58. The van der Waals surface area contributed by atoms with Gasteiger partial charge in [-0.3, -0.25) is 4.79 Å². The highest BCUT2D eigenvalue weighted by molar-refractivity contribution is 8.00. The van der Waals surface area contributed by atoms with Crippen molar-refractivity contribution >= 4 is 27.7 Å². The molecule has 8 heteroatoms. The molecule has 1 unspecified atom stereocenters. The molecule has 0 spiro atoms. The van der Waals surface area contributed by atoms with E-state index >= 15 is 0 Å². The van der Waals surface area contributed by atoms with Gasteiger partial charge in [-0.05, 0) is 50.2 Å². The molecule has 1 saturated heterocycles. The first-order valence-corrected chi connectivity index (χ1v) is 12.0. The van der Waals surface area contributed by atoms with Crippen LogP contribution in [0.15, 0.2) is 64.4 Å². The number of hydrogen-bond acceptors (Lipinski definition) is 5. The lowest BCUT2D eigenvalue weighted by Gasteiger charge is -2.35. The Morgan fingerprint density at radius 3 is 2.24 bits per heavy atom. The van der Waals surface area contributed by atoms with Gasteiger partial charge in [0.05, 0.1) is 16.8 Å². The van der Waals surface area contributed by atoms with Gasteiger partial charge in [0.1, 0.15) is 5.75 Å². The lowest BCUT2D eigenvalue weighted by atomic mass is 10.3. The number of hydrogen-bond donors (Lipinski definition) is 0. The topological polar surface area (TPSA) is 66.9 Å². The molecule has 0 saturated carbocycles. The number of piperazine rings is 1. The number of carbonyl (C=O) groups excluding carboxylic acids is 1. The van der Waals surface area contributed by atoms with Gasteiger partial charge in [-0.1, -0.05) is 18.2 Å². The van der Waals surface area contributed by atoms with E-state index < -0.39 is 10.0 Å². The van der Waals surface area contributed by atoms with E-state index in [2.05, 4.69) is 0 Å². The van der Waals surface area contributed by atoms with E-state index in [4.69, 9.17) is 4.74 Å². The number of ether oxygens (including phenoxy) is 1. The summed E-state index contributed by atoms with van der Waals surface area (Å²) in [5.74, 6) is 0.684. The van der Waals surface area contributed by atoms with Crippen molar-refractivity contribution in [2.45, 2.75) is 28.9 Å². The second-order valence-corrected chi connectivity index (χ2v) is 10.1. The smallest absolute Gasteiger partial charge is 0.243 e. The number of carbonyl (C=O) groups is 1. The maximum Gasteiger partial charge on any atom is 0.243 e. The molecule has 1 atom stereocenters. The molecule has 1 aliphatic heterocycles. The summed E-state index contributed by atoms with van der Waals surface area (Å²) in [4.78, 5) is 15.8. The molecule has 2 aromatic carbocycles. The maximum atomic E-state index is 12.9. The Kier molecular flexibility index (Phi) is 7.21. The second kappa shape index (κ2) is 9.65. The zero-order valence-electron chi connectivity index (χ0n) is 16.7. The van der Waals surface area contributed by atoms with Crippen LogP contribution < -0.4 is 4.74 Å². The number of thioether (sulfide) groups is 1. The Morgan fingerprint density at radius 1 is 1.03 bits per heavy atom. The second-order valence-electron chi connectivity index (χ2n) is 6.71. The van der Waals surface area contributed by atoms with Crippen molar-refractivity contribution in [3.63, 3.8) is 0 Å².